The van der Waals surface area contributed by atoms with Crippen molar-refractivity contribution in [3.8, 4) is 0 Å². The molecule has 1 aromatic rings. The monoisotopic (exact) mass is 309 g/mol. The molecule has 0 saturated carbocycles. The van der Waals surface area contributed by atoms with Crippen LogP contribution in [0.25, 0.3) is 0 Å². The quantitative estimate of drug-likeness (QED) is 0.260. The predicted octanol–water partition coefficient (Wildman–Crippen LogP) is 1.39. The third-order valence-electron chi connectivity index (χ3n) is 3.02. The van der Waals surface area contributed by atoms with E-state index in [1.165, 1.54) is 7.11 Å². The lowest BCUT2D eigenvalue weighted by Crippen LogP contribution is -2.29. The first-order valence-corrected chi connectivity index (χ1v) is 6.93. The molecule has 3 N–H and O–H groups in total. The number of ether oxygens (including phenoxy) is 2. The van der Waals surface area contributed by atoms with E-state index in [4.69, 9.17) is 19.6 Å². The number of hydrogen-bond acceptors (Lipinski definition) is 6. The molecule has 0 fully saturated rings. The lowest BCUT2D eigenvalue weighted by molar-refractivity contribution is -0.142. The second-order valence-corrected chi connectivity index (χ2v) is 4.53. The Morgan fingerprint density at radius 3 is 2.59 bits per heavy atom. The normalized spacial score (nSPS) is 12.7. The van der Waals surface area contributed by atoms with Gasteiger partial charge in [-0.1, -0.05) is 0 Å². The lowest BCUT2D eigenvalue weighted by Gasteiger charge is -2.12. The minimum Gasteiger partial charge on any atom is -0.488 e. The van der Waals surface area contributed by atoms with Gasteiger partial charge in [-0.2, -0.15) is 0 Å². The molecular formula is C15H23N3O4. The summed E-state index contributed by atoms with van der Waals surface area (Å²) < 4.78 is 15.5. The Balaban J connectivity index is 3.00. The highest BCUT2D eigenvalue weighted by Crippen LogP contribution is 2.14. The van der Waals surface area contributed by atoms with Crippen LogP contribution in [0.4, 0.5) is 0 Å². The molecule has 1 heterocycles. The van der Waals surface area contributed by atoms with E-state index in [1.807, 2.05) is 19.9 Å². The average molecular weight is 309 g/mol. The molecular weight excluding hydrogens is 286 g/mol. The minimum absolute atomic E-state index is 0.0163. The number of nitrogens with zero attached hydrogens (tertiary/aromatic N) is 1. The van der Waals surface area contributed by atoms with Crippen LogP contribution in [-0.4, -0.2) is 32.6 Å². The highest BCUT2D eigenvalue weighted by molar-refractivity contribution is 6.03. The summed E-state index contributed by atoms with van der Waals surface area (Å²) in [6.07, 6.45) is 0. The number of likely N-dealkylation sites (N-methyl/N-ethyl adjacent to an activating group) is 1. The Hall–Kier alpha value is -2.44. The SMILES string of the molecule is CCOC(=O)/C(OC)=C(\NC)C(N)=NCc1cc(C)c(C)o1. The van der Waals surface area contributed by atoms with E-state index < -0.39 is 5.97 Å². The molecule has 7 nitrogen and oxygen atoms in total. The molecule has 0 radical (unpaired) electrons. The summed E-state index contributed by atoms with van der Waals surface area (Å²) in [5, 5.41) is 2.81. The zero-order valence-corrected chi connectivity index (χ0v) is 13.6. The molecule has 0 saturated heterocycles. The third kappa shape index (κ3) is 4.28. The Labute approximate surface area is 130 Å². The van der Waals surface area contributed by atoms with Gasteiger partial charge < -0.3 is 24.9 Å². The van der Waals surface area contributed by atoms with Crippen molar-refractivity contribution < 1.29 is 18.7 Å². The van der Waals surface area contributed by atoms with Crippen molar-refractivity contribution in [2.45, 2.75) is 27.3 Å². The molecule has 0 aliphatic rings. The maximum absolute atomic E-state index is 11.8. The molecule has 0 atom stereocenters. The van der Waals surface area contributed by atoms with Crippen LogP contribution in [0, 0.1) is 13.8 Å². The summed E-state index contributed by atoms with van der Waals surface area (Å²) in [6.45, 7) is 6.06. The van der Waals surface area contributed by atoms with Crippen molar-refractivity contribution >= 4 is 11.8 Å². The van der Waals surface area contributed by atoms with Crippen molar-refractivity contribution in [3.05, 3.63) is 34.6 Å². The van der Waals surface area contributed by atoms with Crippen LogP contribution in [0.2, 0.25) is 0 Å². The summed E-state index contributed by atoms with van der Waals surface area (Å²) in [6, 6.07) is 1.90. The molecule has 22 heavy (non-hydrogen) atoms. The van der Waals surface area contributed by atoms with Gasteiger partial charge in [0.25, 0.3) is 0 Å². The Morgan fingerprint density at radius 2 is 2.14 bits per heavy atom. The van der Waals surface area contributed by atoms with E-state index in [1.54, 1.807) is 14.0 Å². The van der Waals surface area contributed by atoms with E-state index in [0.29, 0.717) is 5.76 Å². The fraction of sp³-hybridized carbons (Fsp3) is 0.467. The van der Waals surface area contributed by atoms with Crippen LogP contribution < -0.4 is 11.1 Å². The van der Waals surface area contributed by atoms with Crippen molar-refractivity contribution in [1.82, 2.24) is 5.32 Å². The number of amidine groups is 1. The molecule has 7 heteroatoms. The molecule has 0 bridgehead atoms. The number of carbonyl (C=O) groups excluding carboxylic acids is 1. The summed E-state index contributed by atoms with van der Waals surface area (Å²) in [5.41, 5.74) is 7.26. The third-order valence-corrected chi connectivity index (χ3v) is 3.02. The minimum atomic E-state index is -0.600. The summed E-state index contributed by atoms with van der Waals surface area (Å²) in [5.74, 6) is 1.06. The fourth-order valence-corrected chi connectivity index (χ4v) is 1.81. The molecule has 0 unspecified atom stereocenters. The molecule has 1 aromatic heterocycles. The molecule has 0 amide bonds. The number of rotatable bonds is 7. The number of nitrogens with two attached hydrogens (primary N) is 1. The van der Waals surface area contributed by atoms with Crippen molar-refractivity contribution in [3.63, 3.8) is 0 Å². The first-order chi connectivity index (χ1) is 10.4. The number of carbonyl (C=O) groups is 1. The highest BCUT2D eigenvalue weighted by atomic mass is 16.6. The van der Waals surface area contributed by atoms with Gasteiger partial charge >= 0.3 is 5.97 Å². The van der Waals surface area contributed by atoms with Crippen LogP contribution in [0.3, 0.4) is 0 Å². The van der Waals surface area contributed by atoms with E-state index in [9.17, 15) is 4.79 Å². The number of esters is 1. The lowest BCUT2D eigenvalue weighted by atomic mass is 10.3. The van der Waals surface area contributed by atoms with E-state index in [-0.39, 0.29) is 30.4 Å². The maximum atomic E-state index is 11.8. The van der Waals surface area contributed by atoms with Gasteiger partial charge in [0.1, 0.15) is 23.1 Å². The number of aliphatic imine (C=N–C) groups is 1. The van der Waals surface area contributed by atoms with Crippen LogP contribution in [-0.2, 0) is 20.8 Å². The van der Waals surface area contributed by atoms with Gasteiger partial charge in [-0.25, -0.2) is 4.79 Å². The van der Waals surface area contributed by atoms with Crippen molar-refractivity contribution in [1.29, 1.82) is 0 Å². The Bertz CT molecular complexity index is 568. The second-order valence-electron chi connectivity index (χ2n) is 4.53. The van der Waals surface area contributed by atoms with E-state index in [0.717, 1.165) is 11.3 Å². The Morgan fingerprint density at radius 1 is 1.45 bits per heavy atom. The van der Waals surface area contributed by atoms with E-state index in [2.05, 4.69) is 10.3 Å². The number of aryl methyl sites for hydroxylation is 2. The summed E-state index contributed by atoms with van der Waals surface area (Å²) >= 11 is 0. The highest BCUT2D eigenvalue weighted by Gasteiger charge is 2.19. The maximum Gasteiger partial charge on any atom is 0.375 e. The van der Waals surface area contributed by atoms with Gasteiger partial charge in [0.2, 0.25) is 5.76 Å². The van der Waals surface area contributed by atoms with Gasteiger partial charge in [-0.15, -0.1) is 0 Å². The van der Waals surface area contributed by atoms with Crippen LogP contribution in [0.1, 0.15) is 24.0 Å². The van der Waals surface area contributed by atoms with Gasteiger partial charge in [-0.05, 0) is 32.4 Å². The van der Waals surface area contributed by atoms with Gasteiger partial charge in [0, 0.05) is 7.05 Å². The molecule has 122 valence electrons. The first-order valence-electron chi connectivity index (χ1n) is 6.93. The van der Waals surface area contributed by atoms with Gasteiger partial charge in [0.15, 0.2) is 0 Å². The first kappa shape index (κ1) is 17.6. The smallest absolute Gasteiger partial charge is 0.375 e. The largest absolute Gasteiger partial charge is 0.488 e. The van der Waals surface area contributed by atoms with Crippen LogP contribution in [0.5, 0.6) is 0 Å². The summed E-state index contributed by atoms with van der Waals surface area (Å²) in [4.78, 5) is 16.1. The van der Waals surface area contributed by atoms with Gasteiger partial charge in [0.05, 0.1) is 20.3 Å². The molecule has 0 spiro atoms. The van der Waals surface area contributed by atoms with Crippen LogP contribution in [0.15, 0.2) is 26.9 Å². The molecule has 1 rings (SSSR count). The number of methoxy groups -OCH3 is 1. The van der Waals surface area contributed by atoms with Gasteiger partial charge in [-0.3, -0.25) is 4.99 Å². The van der Waals surface area contributed by atoms with Crippen LogP contribution >= 0.6 is 0 Å². The fourth-order valence-electron chi connectivity index (χ4n) is 1.81. The van der Waals surface area contributed by atoms with E-state index >= 15 is 0 Å². The molecule has 0 aromatic carbocycles. The zero-order chi connectivity index (χ0) is 16.7. The second kappa shape index (κ2) is 8.11. The van der Waals surface area contributed by atoms with Crippen molar-refractivity contribution in [2.75, 3.05) is 20.8 Å². The number of nitrogens with one attached hydrogen (secondary N) is 1. The standard InChI is InChI=1S/C15H23N3O4/c1-6-21-15(19)13(20-5)12(17-4)14(16)18-8-11-7-9(2)10(3)22-11/h7,17H,6,8H2,1-5H3,(H2,16,18)/b13-12+. The summed E-state index contributed by atoms with van der Waals surface area (Å²) in [7, 11) is 2.99. The number of hydrogen-bond donors (Lipinski definition) is 2. The zero-order valence-electron chi connectivity index (χ0n) is 13.6. The molecule has 0 aliphatic heterocycles. The van der Waals surface area contributed by atoms with Crippen molar-refractivity contribution in [2.24, 2.45) is 10.7 Å². The average Bonchev–Trinajstić information content (AvgIpc) is 2.81. The number of furan rings is 1. The molecule has 0 aliphatic carbocycles. The topological polar surface area (TPSA) is 99.1 Å². The predicted molar refractivity (Wildman–Crippen MR) is 83.2 cm³/mol. The Kier molecular flexibility index (Phi) is 6.49.